The van der Waals surface area contributed by atoms with Crippen LogP contribution < -0.4 is 0 Å². The molecule has 0 radical (unpaired) electrons. The van der Waals surface area contributed by atoms with Gasteiger partial charge in [-0.25, -0.2) is 9.69 Å². The molecule has 10 rings (SSSR count). The zero-order valence-corrected chi connectivity index (χ0v) is 26.9. The van der Waals surface area contributed by atoms with E-state index in [0.29, 0.717) is 16.9 Å². The maximum atomic E-state index is 10.9. The maximum Gasteiger partial charge on any atom is 0.218 e. The van der Waals surface area contributed by atoms with Crippen LogP contribution in [0.2, 0.25) is 0 Å². The Kier molecular flexibility index (Phi) is 5.97. The molecule has 6 nitrogen and oxygen atoms in total. The van der Waals surface area contributed by atoms with Gasteiger partial charge in [-0.2, -0.15) is 5.26 Å². The van der Waals surface area contributed by atoms with Crippen molar-refractivity contribution in [3.05, 3.63) is 168 Å². The van der Waals surface area contributed by atoms with Crippen LogP contribution in [0.4, 0.5) is 11.4 Å². The summed E-state index contributed by atoms with van der Waals surface area (Å²) in [4.78, 5) is 8.04. The molecule has 0 unspecified atom stereocenters. The lowest BCUT2D eigenvalue weighted by atomic mass is 9.95. The van der Waals surface area contributed by atoms with Gasteiger partial charge in [-0.15, -0.1) is 0 Å². The van der Waals surface area contributed by atoms with Crippen LogP contribution in [-0.4, -0.2) is 9.13 Å². The molecule has 0 bridgehead atoms. The standard InChI is InChI=1S/C45H23N5O/c1-47-35-25-33(34(26-46)43(48-2)45(35)50-36-18-8-3-13-27(36)28-14-4-9-19-37(28)50)30-16-6-11-21-39(30)49-38-20-10-5-15-29(38)31-23-24-41-42(44(31)49)32-17-7-12-22-40(32)51-41/h3-25H. The summed E-state index contributed by atoms with van der Waals surface area (Å²) < 4.78 is 10.5. The number of nitrogens with zero attached hydrogens (tertiary/aromatic N) is 5. The van der Waals surface area contributed by atoms with E-state index >= 15 is 0 Å². The SMILES string of the molecule is [C-]#[N+]c1cc(-c2ccccc2-n2c3ccccc3c3ccc4oc5ccccc5c4c32)c(C#N)c([N+]#[C-])c1-n1c2ccccc2c2ccccc21. The van der Waals surface area contributed by atoms with Gasteiger partial charge in [-0.05, 0) is 54.1 Å². The molecule has 0 aliphatic carbocycles. The molecule has 0 aliphatic heterocycles. The van der Waals surface area contributed by atoms with Crippen molar-refractivity contribution in [2.24, 2.45) is 0 Å². The fraction of sp³-hybridized carbons (Fsp3) is 0. The van der Waals surface area contributed by atoms with Gasteiger partial charge in [0.05, 0.1) is 63.6 Å². The van der Waals surface area contributed by atoms with E-state index in [4.69, 9.17) is 17.6 Å². The molecule has 234 valence electrons. The highest BCUT2D eigenvalue weighted by atomic mass is 16.3. The number of benzene rings is 7. The summed E-state index contributed by atoms with van der Waals surface area (Å²) in [5, 5.41) is 17.1. The largest absolute Gasteiger partial charge is 0.456 e. The lowest BCUT2D eigenvalue weighted by Gasteiger charge is -2.19. The molecule has 0 N–H and O–H groups in total. The average molecular weight is 650 g/mol. The molecule has 0 saturated heterocycles. The third-order valence-electron chi connectivity index (χ3n) is 10.0. The number of aromatic nitrogens is 2. The Labute approximate surface area is 291 Å². The van der Waals surface area contributed by atoms with Crippen molar-refractivity contribution in [2.75, 3.05) is 0 Å². The Bertz CT molecular complexity index is 3190. The number of furan rings is 1. The number of rotatable bonds is 3. The summed E-state index contributed by atoms with van der Waals surface area (Å²) in [6.45, 7) is 16.9. The molecule has 0 fully saturated rings. The number of hydrogen-bond donors (Lipinski definition) is 0. The molecule has 3 heterocycles. The predicted octanol–water partition coefficient (Wildman–Crippen LogP) is 12.4. The van der Waals surface area contributed by atoms with Gasteiger partial charge in [0.15, 0.2) is 0 Å². The van der Waals surface area contributed by atoms with Gasteiger partial charge in [0.2, 0.25) is 11.4 Å². The van der Waals surface area contributed by atoms with Gasteiger partial charge in [-0.3, -0.25) is 0 Å². The second-order valence-corrected chi connectivity index (χ2v) is 12.5. The van der Waals surface area contributed by atoms with Crippen molar-refractivity contribution in [2.45, 2.75) is 0 Å². The van der Waals surface area contributed by atoms with Gasteiger partial charge in [0.1, 0.15) is 11.2 Å². The molecule has 0 amide bonds. The predicted molar refractivity (Wildman–Crippen MR) is 205 cm³/mol. The van der Waals surface area contributed by atoms with Crippen molar-refractivity contribution in [3.63, 3.8) is 0 Å². The number of para-hydroxylation sites is 5. The molecule has 51 heavy (non-hydrogen) atoms. The van der Waals surface area contributed by atoms with E-state index in [1.54, 1.807) is 6.07 Å². The van der Waals surface area contributed by atoms with Gasteiger partial charge in [0, 0.05) is 32.5 Å². The van der Waals surface area contributed by atoms with Crippen LogP contribution in [0.5, 0.6) is 0 Å². The fourth-order valence-electron chi connectivity index (χ4n) is 7.96. The molecular weight excluding hydrogens is 627 g/mol. The number of hydrogen-bond acceptors (Lipinski definition) is 2. The van der Waals surface area contributed by atoms with Crippen LogP contribution in [0.25, 0.3) is 97.7 Å². The summed E-state index contributed by atoms with van der Waals surface area (Å²) in [5.41, 5.74) is 8.49. The Morgan fingerprint density at radius 2 is 1.14 bits per heavy atom. The minimum absolute atomic E-state index is 0.146. The van der Waals surface area contributed by atoms with Gasteiger partial charge < -0.3 is 13.6 Å². The maximum absolute atomic E-state index is 10.9. The van der Waals surface area contributed by atoms with E-state index < -0.39 is 0 Å². The summed E-state index contributed by atoms with van der Waals surface area (Å²) in [6, 6.07) is 48.6. The van der Waals surface area contributed by atoms with Crippen molar-refractivity contribution in [1.29, 1.82) is 5.26 Å². The van der Waals surface area contributed by atoms with E-state index in [1.165, 1.54) is 0 Å². The quantitative estimate of drug-likeness (QED) is 0.179. The molecule has 3 aromatic heterocycles. The van der Waals surface area contributed by atoms with E-state index in [-0.39, 0.29) is 11.3 Å². The van der Waals surface area contributed by atoms with Crippen LogP contribution in [0.15, 0.2) is 144 Å². The molecule has 0 spiro atoms. The molecule has 0 atom stereocenters. The van der Waals surface area contributed by atoms with Gasteiger partial charge >= 0.3 is 0 Å². The summed E-state index contributed by atoms with van der Waals surface area (Å²) in [6.07, 6.45) is 0. The van der Waals surface area contributed by atoms with Crippen LogP contribution >= 0.6 is 0 Å². The second-order valence-electron chi connectivity index (χ2n) is 12.5. The van der Waals surface area contributed by atoms with Crippen molar-refractivity contribution in [1.82, 2.24) is 9.13 Å². The Balaban J connectivity index is 1.33. The number of fused-ring (bicyclic) bond motifs is 10. The first-order chi connectivity index (χ1) is 25.2. The van der Waals surface area contributed by atoms with Crippen LogP contribution in [0.3, 0.4) is 0 Å². The molecule has 10 aromatic rings. The highest BCUT2D eigenvalue weighted by Gasteiger charge is 2.26. The van der Waals surface area contributed by atoms with Gasteiger partial charge in [0.25, 0.3) is 0 Å². The van der Waals surface area contributed by atoms with Gasteiger partial charge in [-0.1, -0.05) is 91.0 Å². The fourth-order valence-corrected chi connectivity index (χ4v) is 7.96. The highest BCUT2D eigenvalue weighted by molar-refractivity contribution is 6.24. The van der Waals surface area contributed by atoms with E-state index in [1.807, 2.05) is 114 Å². The van der Waals surface area contributed by atoms with Crippen LogP contribution in [0.1, 0.15) is 5.56 Å². The molecule has 0 saturated carbocycles. The first-order valence-corrected chi connectivity index (χ1v) is 16.5. The first kappa shape index (κ1) is 28.4. The average Bonchev–Trinajstić information content (AvgIpc) is 3.84. The van der Waals surface area contributed by atoms with E-state index in [2.05, 4.69) is 44.6 Å². The zero-order chi connectivity index (χ0) is 34.2. The Hall–Kier alpha value is -7.59. The minimum atomic E-state index is 0.146. The summed E-state index contributed by atoms with van der Waals surface area (Å²) >= 11 is 0. The molecule has 6 heteroatoms. The molecule has 7 aromatic carbocycles. The Morgan fingerprint density at radius 3 is 1.80 bits per heavy atom. The van der Waals surface area contributed by atoms with Crippen molar-refractivity contribution >= 4 is 76.9 Å². The lowest BCUT2D eigenvalue weighted by molar-refractivity contribution is 0.669. The summed E-state index contributed by atoms with van der Waals surface area (Å²) in [5.74, 6) is 0. The van der Waals surface area contributed by atoms with Crippen LogP contribution in [-0.2, 0) is 0 Å². The lowest BCUT2D eigenvalue weighted by Crippen LogP contribution is -2.01. The summed E-state index contributed by atoms with van der Waals surface area (Å²) in [7, 11) is 0. The van der Waals surface area contributed by atoms with Crippen molar-refractivity contribution in [3.8, 4) is 28.6 Å². The number of nitriles is 1. The van der Waals surface area contributed by atoms with Crippen molar-refractivity contribution < 1.29 is 4.42 Å². The highest BCUT2D eigenvalue weighted by Crippen LogP contribution is 2.48. The normalized spacial score (nSPS) is 11.5. The van der Waals surface area contributed by atoms with E-state index in [9.17, 15) is 5.26 Å². The Morgan fingerprint density at radius 1 is 0.549 bits per heavy atom. The third-order valence-corrected chi connectivity index (χ3v) is 10.0. The first-order valence-electron chi connectivity index (χ1n) is 16.5. The topological polar surface area (TPSA) is 55.5 Å². The second kappa shape index (κ2) is 10.7. The minimum Gasteiger partial charge on any atom is -0.456 e. The van der Waals surface area contributed by atoms with Crippen LogP contribution in [0, 0.1) is 24.5 Å². The molecule has 0 aliphatic rings. The zero-order valence-electron chi connectivity index (χ0n) is 26.9. The molecular formula is C45H23N5O. The monoisotopic (exact) mass is 649 g/mol. The smallest absolute Gasteiger partial charge is 0.218 e. The van der Waals surface area contributed by atoms with E-state index in [0.717, 1.165) is 76.8 Å². The third kappa shape index (κ3) is 3.83.